The molecule has 0 radical (unpaired) electrons. The van der Waals surface area contributed by atoms with Crippen molar-refractivity contribution < 1.29 is 8.78 Å². The van der Waals surface area contributed by atoms with E-state index in [4.69, 9.17) is 0 Å². The molecule has 0 aliphatic rings. The lowest BCUT2D eigenvalue weighted by Crippen LogP contribution is -2.34. The van der Waals surface area contributed by atoms with Gasteiger partial charge in [0.25, 0.3) is 5.25 Å². The van der Waals surface area contributed by atoms with Crippen LogP contribution in [0.3, 0.4) is 0 Å². The Morgan fingerprint density at radius 1 is 0.833 bits per heavy atom. The van der Waals surface area contributed by atoms with E-state index in [2.05, 4.69) is 0 Å². The molecule has 0 aromatic heterocycles. The van der Waals surface area contributed by atoms with E-state index in [-0.39, 0.29) is 0 Å². The zero-order valence-corrected chi connectivity index (χ0v) is 9.48. The van der Waals surface area contributed by atoms with Crippen molar-refractivity contribution in [1.29, 1.82) is 0 Å². The van der Waals surface area contributed by atoms with Crippen molar-refractivity contribution in [1.82, 2.24) is 0 Å². The van der Waals surface area contributed by atoms with Crippen LogP contribution in [0.1, 0.15) is 41.5 Å². The molecule has 0 amide bonds. The Hall–Kier alpha value is 0.210. The Kier molecular flexibility index (Phi) is 3.22. The number of rotatable bonds is 1. The highest BCUT2D eigenvalue weighted by atomic mass is 32.2. The molecule has 74 valence electrons. The van der Waals surface area contributed by atoms with Gasteiger partial charge in [0.15, 0.2) is 0 Å². The van der Waals surface area contributed by atoms with Crippen LogP contribution >= 0.6 is 11.8 Å². The molecule has 0 aliphatic carbocycles. The molecule has 0 fully saturated rings. The summed E-state index contributed by atoms with van der Waals surface area (Å²) in [6.07, 6.45) is 0. The van der Waals surface area contributed by atoms with Gasteiger partial charge in [-0.2, -0.15) is 8.78 Å². The molecule has 0 aromatic rings. The highest BCUT2D eigenvalue weighted by molar-refractivity contribution is 8.01. The van der Waals surface area contributed by atoms with Gasteiger partial charge in [-0.1, -0.05) is 53.3 Å². The number of thioether (sulfide) groups is 1. The molecule has 0 spiro atoms. The van der Waals surface area contributed by atoms with Crippen LogP contribution in [0, 0.1) is 5.41 Å². The van der Waals surface area contributed by atoms with Crippen LogP contribution in [-0.2, 0) is 0 Å². The molecule has 0 nitrogen and oxygen atoms in total. The highest BCUT2D eigenvalue weighted by Crippen LogP contribution is 2.49. The van der Waals surface area contributed by atoms with Gasteiger partial charge in [-0.05, 0) is 0 Å². The molecular formula is C9H18F2S. The summed E-state index contributed by atoms with van der Waals surface area (Å²) >= 11 is 0.733. The monoisotopic (exact) mass is 196 g/mol. The topological polar surface area (TPSA) is 0 Å². The fourth-order valence-corrected chi connectivity index (χ4v) is 1.61. The third kappa shape index (κ3) is 3.74. The lowest BCUT2D eigenvalue weighted by atomic mass is 9.97. The maximum absolute atomic E-state index is 13.4. The Morgan fingerprint density at radius 3 is 1.25 bits per heavy atom. The normalized spacial score (nSPS) is 15.0. The van der Waals surface area contributed by atoms with Gasteiger partial charge in [0.2, 0.25) is 0 Å². The standard InChI is InChI=1S/C9H18F2S/c1-7(2,3)9(10,11)12-8(4,5)6/h1-6H3. The summed E-state index contributed by atoms with van der Waals surface area (Å²) in [5.41, 5.74) is -0.967. The smallest absolute Gasteiger partial charge is 0.194 e. The Balaban J connectivity index is 4.44. The average Bonchev–Trinajstić information content (AvgIpc) is 1.52. The minimum Gasteiger partial charge on any atom is -0.194 e. The third-order valence-corrected chi connectivity index (χ3v) is 2.79. The fourth-order valence-electron chi connectivity index (χ4n) is 0.538. The minimum atomic E-state index is -2.66. The molecule has 0 aromatic carbocycles. The van der Waals surface area contributed by atoms with E-state index in [1.165, 1.54) is 0 Å². The summed E-state index contributed by atoms with van der Waals surface area (Å²) in [5, 5.41) is -2.66. The molecule has 0 atom stereocenters. The minimum absolute atomic E-state index is 0.392. The molecule has 0 saturated carbocycles. The summed E-state index contributed by atoms with van der Waals surface area (Å²) in [5.74, 6) is 0. The molecule has 0 saturated heterocycles. The first kappa shape index (κ1) is 12.2. The first-order valence-electron chi connectivity index (χ1n) is 4.04. The molecule has 3 heteroatoms. The van der Waals surface area contributed by atoms with E-state index in [1.54, 1.807) is 41.5 Å². The number of alkyl halides is 2. The molecule has 0 heterocycles. The van der Waals surface area contributed by atoms with Gasteiger partial charge >= 0.3 is 0 Å². The second-order valence-corrected chi connectivity index (χ2v) is 6.92. The van der Waals surface area contributed by atoms with Crippen LogP contribution in [-0.4, -0.2) is 10.0 Å². The lowest BCUT2D eigenvalue weighted by Gasteiger charge is -2.34. The van der Waals surface area contributed by atoms with Gasteiger partial charge in [-0.15, -0.1) is 0 Å². The molecule has 0 bridgehead atoms. The Morgan fingerprint density at radius 2 is 1.17 bits per heavy atom. The SMILES string of the molecule is CC(C)(C)SC(F)(F)C(C)(C)C. The van der Waals surface area contributed by atoms with Crippen LogP contribution in [0.25, 0.3) is 0 Å². The van der Waals surface area contributed by atoms with E-state index in [1.807, 2.05) is 0 Å². The van der Waals surface area contributed by atoms with E-state index in [9.17, 15) is 8.78 Å². The lowest BCUT2D eigenvalue weighted by molar-refractivity contribution is -0.00668. The molecule has 0 rings (SSSR count). The van der Waals surface area contributed by atoms with Gasteiger partial charge in [-0.25, -0.2) is 0 Å². The van der Waals surface area contributed by atoms with Gasteiger partial charge in [0, 0.05) is 10.2 Å². The second kappa shape index (κ2) is 3.17. The Bertz CT molecular complexity index is 151. The van der Waals surface area contributed by atoms with Gasteiger partial charge in [0.05, 0.1) is 0 Å². The van der Waals surface area contributed by atoms with Gasteiger partial charge < -0.3 is 0 Å². The van der Waals surface area contributed by atoms with Crippen molar-refractivity contribution in [3.63, 3.8) is 0 Å². The summed E-state index contributed by atoms with van der Waals surface area (Å²) in [4.78, 5) is 0. The van der Waals surface area contributed by atoms with Crippen LogP contribution in [0.2, 0.25) is 0 Å². The van der Waals surface area contributed by atoms with Crippen molar-refractivity contribution in [2.24, 2.45) is 5.41 Å². The van der Waals surface area contributed by atoms with E-state index >= 15 is 0 Å². The van der Waals surface area contributed by atoms with Crippen molar-refractivity contribution in [3.8, 4) is 0 Å². The molecule has 0 N–H and O–H groups in total. The first-order chi connectivity index (χ1) is 4.96. The number of halogens is 2. The molecular weight excluding hydrogens is 178 g/mol. The van der Waals surface area contributed by atoms with E-state index in [0.717, 1.165) is 11.8 Å². The van der Waals surface area contributed by atoms with Crippen LogP contribution < -0.4 is 0 Å². The number of hydrogen-bond acceptors (Lipinski definition) is 1. The first-order valence-corrected chi connectivity index (χ1v) is 4.85. The van der Waals surface area contributed by atoms with Crippen molar-refractivity contribution in [2.45, 2.75) is 51.5 Å². The number of hydrogen-bond donors (Lipinski definition) is 0. The predicted octanol–water partition coefficient (Wildman–Crippen LogP) is 4.16. The second-order valence-electron chi connectivity index (χ2n) is 4.98. The Labute approximate surface area is 78.1 Å². The molecule has 0 aliphatic heterocycles. The van der Waals surface area contributed by atoms with Crippen molar-refractivity contribution >= 4 is 11.8 Å². The van der Waals surface area contributed by atoms with Crippen molar-refractivity contribution in [2.75, 3.05) is 0 Å². The fraction of sp³-hybridized carbons (Fsp3) is 1.00. The molecule has 0 unspecified atom stereocenters. The van der Waals surface area contributed by atoms with Crippen LogP contribution in [0.5, 0.6) is 0 Å². The zero-order chi connectivity index (χ0) is 10.2. The van der Waals surface area contributed by atoms with Gasteiger partial charge in [0.1, 0.15) is 0 Å². The maximum atomic E-state index is 13.4. The van der Waals surface area contributed by atoms with Gasteiger partial charge in [-0.3, -0.25) is 0 Å². The summed E-state index contributed by atoms with van der Waals surface area (Å²) in [7, 11) is 0. The highest BCUT2D eigenvalue weighted by Gasteiger charge is 2.46. The van der Waals surface area contributed by atoms with Crippen molar-refractivity contribution in [3.05, 3.63) is 0 Å². The maximum Gasteiger partial charge on any atom is 0.299 e. The van der Waals surface area contributed by atoms with E-state index < -0.39 is 15.4 Å². The third-order valence-electron chi connectivity index (χ3n) is 1.31. The average molecular weight is 196 g/mol. The van der Waals surface area contributed by atoms with Crippen LogP contribution in [0.4, 0.5) is 8.78 Å². The predicted molar refractivity (Wildman–Crippen MR) is 51.7 cm³/mol. The molecule has 12 heavy (non-hydrogen) atoms. The zero-order valence-electron chi connectivity index (χ0n) is 8.66. The van der Waals surface area contributed by atoms with E-state index in [0.29, 0.717) is 0 Å². The summed E-state index contributed by atoms with van der Waals surface area (Å²) < 4.78 is 26.4. The largest absolute Gasteiger partial charge is 0.299 e. The quantitative estimate of drug-likeness (QED) is 0.607. The summed E-state index contributed by atoms with van der Waals surface area (Å²) in [6, 6.07) is 0. The summed E-state index contributed by atoms with van der Waals surface area (Å²) in [6.45, 7) is 10.1. The van der Waals surface area contributed by atoms with Crippen LogP contribution in [0.15, 0.2) is 0 Å².